The first-order valence-electron chi connectivity index (χ1n) is 4.72. The Morgan fingerprint density at radius 2 is 2.31 bits per heavy atom. The van der Waals surface area contributed by atoms with Crippen LogP contribution in [0.4, 0.5) is 0 Å². The molecule has 16 heavy (non-hydrogen) atoms. The number of hydrogen-bond acceptors (Lipinski definition) is 5. The molecule has 80 valence electrons. The minimum absolute atomic E-state index is 0.772. The number of nitrogens with zero attached hydrogens (tertiary/aromatic N) is 3. The van der Waals surface area contributed by atoms with Gasteiger partial charge in [-0.25, -0.2) is 4.98 Å². The third kappa shape index (κ3) is 1.53. The molecule has 0 spiro atoms. The van der Waals surface area contributed by atoms with Gasteiger partial charge in [-0.1, -0.05) is 5.16 Å². The van der Waals surface area contributed by atoms with Crippen molar-refractivity contribution in [3.8, 4) is 22.1 Å². The summed E-state index contributed by atoms with van der Waals surface area (Å²) in [5.74, 6) is 0.785. The second-order valence-corrected chi connectivity index (χ2v) is 4.19. The molecular weight excluding hydrogens is 224 g/mol. The molecule has 1 N–H and O–H groups in total. The number of aromatic amines is 1. The summed E-state index contributed by atoms with van der Waals surface area (Å²) >= 11 is 1.53. The third-order valence-corrected chi connectivity index (χ3v) is 2.99. The summed E-state index contributed by atoms with van der Waals surface area (Å²) in [6.45, 7) is 1.86. The lowest BCUT2D eigenvalue weighted by Crippen LogP contribution is -1.79. The van der Waals surface area contributed by atoms with Crippen LogP contribution >= 0.6 is 11.3 Å². The van der Waals surface area contributed by atoms with Gasteiger partial charge in [-0.3, -0.25) is 5.10 Å². The molecule has 0 bridgehead atoms. The van der Waals surface area contributed by atoms with Gasteiger partial charge in [0.2, 0.25) is 0 Å². The molecule has 0 fully saturated rings. The zero-order chi connectivity index (χ0) is 11.0. The molecule has 0 aliphatic carbocycles. The predicted molar refractivity (Wildman–Crippen MR) is 59.9 cm³/mol. The van der Waals surface area contributed by atoms with Crippen molar-refractivity contribution in [2.24, 2.45) is 0 Å². The first kappa shape index (κ1) is 9.29. The number of aromatic nitrogens is 4. The number of thiazole rings is 1. The summed E-state index contributed by atoms with van der Waals surface area (Å²) in [6.07, 6.45) is 1.70. The minimum Gasteiger partial charge on any atom is -0.361 e. The average molecular weight is 232 g/mol. The molecule has 0 saturated heterocycles. The van der Waals surface area contributed by atoms with Gasteiger partial charge < -0.3 is 4.52 Å². The fraction of sp³-hybridized carbons (Fsp3) is 0.100. The summed E-state index contributed by atoms with van der Waals surface area (Å²) in [7, 11) is 0. The highest BCUT2D eigenvalue weighted by Gasteiger charge is 2.10. The molecule has 3 heterocycles. The zero-order valence-corrected chi connectivity index (χ0v) is 9.28. The van der Waals surface area contributed by atoms with E-state index in [-0.39, 0.29) is 0 Å². The van der Waals surface area contributed by atoms with E-state index in [0.29, 0.717) is 0 Å². The van der Waals surface area contributed by atoms with Crippen LogP contribution in [0.15, 0.2) is 28.2 Å². The Bertz CT molecular complexity index is 596. The van der Waals surface area contributed by atoms with Crippen molar-refractivity contribution in [3.05, 3.63) is 29.5 Å². The SMILES string of the molecule is Cc1cc(-c2nc(-c3ccn[nH]3)cs2)no1. The lowest BCUT2D eigenvalue weighted by molar-refractivity contribution is 0.399. The van der Waals surface area contributed by atoms with Crippen molar-refractivity contribution in [2.45, 2.75) is 6.92 Å². The van der Waals surface area contributed by atoms with E-state index >= 15 is 0 Å². The second kappa shape index (κ2) is 3.57. The molecule has 3 aromatic rings. The summed E-state index contributed by atoms with van der Waals surface area (Å²) in [5, 5.41) is 13.5. The minimum atomic E-state index is 0.772. The Balaban J connectivity index is 2.00. The Labute approximate surface area is 95.1 Å². The molecule has 0 aliphatic heterocycles. The maximum Gasteiger partial charge on any atom is 0.146 e. The van der Waals surface area contributed by atoms with Gasteiger partial charge in [0.1, 0.15) is 16.5 Å². The van der Waals surface area contributed by atoms with E-state index in [9.17, 15) is 0 Å². The van der Waals surface area contributed by atoms with Crippen molar-refractivity contribution >= 4 is 11.3 Å². The monoisotopic (exact) mass is 232 g/mol. The van der Waals surface area contributed by atoms with Crippen molar-refractivity contribution in [3.63, 3.8) is 0 Å². The average Bonchev–Trinajstić information content (AvgIpc) is 2.97. The van der Waals surface area contributed by atoms with Crippen LogP contribution in [0.1, 0.15) is 5.76 Å². The van der Waals surface area contributed by atoms with Crippen LogP contribution in [-0.4, -0.2) is 20.3 Å². The molecule has 0 unspecified atom stereocenters. The van der Waals surface area contributed by atoms with Crippen LogP contribution in [0.3, 0.4) is 0 Å². The fourth-order valence-corrected chi connectivity index (χ4v) is 2.15. The van der Waals surface area contributed by atoms with Gasteiger partial charge in [-0.2, -0.15) is 5.10 Å². The molecule has 0 atom stereocenters. The van der Waals surface area contributed by atoms with Gasteiger partial charge in [0, 0.05) is 17.6 Å². The van der Waals surface area contributed by atoms with Crippen LogP contribution in [0.5, 0.6) is 0 Å². The third-order valence-electron chi connectivity index (χ3n) is 2.13. The Hall–Kier alpha value is -1.95. The molecule has 0 amide bonds. The Morgan fingerprint density at radius 1 is 1.38 bits per heavy atom. The van der Waals surface area contributed by atoms with Crippen LogP contribution in [0.25, 0.3) is 22.1 Å². The number of hydrogen-bond donors (Lipinski definition) is 1. The van der Waals surface area contributed by atoms with E-state index < -0.39 is 0 Å². The van der Waals surface area contributed by atoms with Gasteiger partial charge >= 0.3 is 0 Å². The highest BCUT2D eigenvalue weighted by molar-refractivity contribution is 7.13. The number of nitrogens with one attached hydrogen (secondary N) is 1. The topological polar surface area (TPSA) is 67.6 Å². The molecule has 3 aromatic heterocycles. The van der Waals surface area contributed by atoms with Crippen molar-refractivity contribution in [1.82, 2.24) is 20.3 Å². The quantitative estimate of drug-likeness (QED) is 0.737. The highest BCUT2D eigenvalue weighted by Crippen LogP contribution is 2.27. The van der Waals surface area contributed by atoms with Crippen LogP contribution in [-0.2, 0) is 0 Å². The summed E-state index contributed by atoms with van der Waals surface area (Å²) in [5.41, 5.74) is 2.55. The summed E-state index contributed by atoms with van der Waals surface area (Å²) in [4.78, 5) is 4.46. The second-order valence-electron chi connectivity index (χ2n) is 3.33. The molecular formula is C10H8N4OS. The van der Waals surface area contributed by atoms with Gasteiger partial charge in [0.05, 0.1) is 11.4 Å². The van der Waals surface area contributed by atoms with E-state index in [1.807, 2.05) is 24.4 Å². The number of aryl methyl sites for hydroxylation is 1. The Morgan fingerprint density at radius 3 is 3.00 bits per heavy atom. The van der Waals surface area contributed by atoms with Crippen molar-refractivity contribution in [1.29, 1.82) is 0 Å². The van der Waals surface area contributed by atoms with E-state index in [2.05, 4.69) is 20.3 Å². The lowest BCUT2D eigenvalue weighted by atomic mass is 10.3. The van der Waals surface area contributed by atoms with Gasteiger partial charge in [0.15, 0.2) is 0 Å². The normalized spacial score (nSPS) is 10.8. The van der Waals surface area contributed by atoms with Gasteiger partial charge in [0.25, 0.3) is 0 Å². The molecule has 3 rings (SSSR count). The largest absolute Gasteiger partial charge is 0.361 e. The van der Waals surface area contributed by atoms with Crippen LogP contribution < -0.4 is 0 Å². The smallest absolute Gasteiger partial charge is 0.146 e. The Kier molecular flexibility index (Phi) is 2.07. The highest BCUT2D eigenvalue weighted by atomic mass is 32.1. The van der Waals surface area contributed by atoms with Crippen molar-refractivity contribution < 1.29 is 4.52 Å². The molecule has 6 heteroatoms. The maximum absolute atomic E-state index is 5.02. The maximum atomic E-state index is 5.02. The van der Waals surface area contributed by atoms with Gasteiger partial charge in [-0.15, -0.1) is 11.3 Å². The van der Waals surface area contributed by atoms with Crippen LogP contribution in [0, 0.1) is 6.92 Å². The lowest BCUT2D eigenvalue weighted by Gasteiger charge is -1.87. The molecule has 0 aliphatic rings. The van der Waals surface area contributed by atoms with E-state index in [0.717, 1.165) is 27.8 Å². The molecule has 0 radical (unpaired) electrons. The number of rotatable bonds is 2. The first-order valence-corrected chi connectivity index (χ1v) is 5.60. The zero-order valence-electron chi connectivity index (χ0n) is 8.47. The summed E-state index contributed by atoms with van der Waals surface area (Å²) < 4.78 is 5.02. The molecule has 0 aromatic carbocycles. The predicted octanol–water partition coefficient (Wildman–Crippen LogP) is 2.50. The number of H-pyrrole nitrogens is 1. The fourth-order valence-electron chi connectivity index (χ4n) is 1.38. The molecule has 0 saturated carbocycles. The van der Waals surface area contributed by atoms with E-state index in [1.165, 1.54) is 11.3 Å². The molecule has 5 nitrogen and oxygen atoms in total. The standard InChI is InChI=1S/C10H8N4OS/c1-6-4-8(14-15-6)10-12-9(5-16-10)7-2-3-11-13-7/h2-5H,1H3,(H,11,13). The summed E-state index contributed by atoms with van der Waals surface area (Å²) in [6, 6.07) is 3.75. The van der Waals surface area contributed by atoms with E-state index in [1.54, 1.807) is 6.20 Å². The van der Waals surface area contributed by atoms with Crippen LogP contribution in [0.2, 0.25) is 0 Å². The van der Waals surface area contributed by atoms with E-state index in [4.69, 9.17) is 4.52 Å². The van der Waals surface area contributed by atoms with Gasteiger partial charge in [-0.05, 0) is 13.0 Å². The first-order chi connectivity index (χ1) is 7.83. The van der Waals surface area contributed by atoms with Crippen molar-refractivity contribution in [2.75, 3.05) is 0 Å².